The first-order valence-electron chi connectivity index (χ1n) is 6.44. The molecule has 18 heavy (non-hydrogen) atoms. The molecule has 0 radical (unpaired) electrons. The molecule has 1 heterocycles. The van der Waals surface area contributed by atoms with Crippen LogP contribution in [0.2, 0.25) is 0 Å². The summed E-state index contributed by atoms with van der Waals surface area (Å²) in [7, 11) is 0. The number of nitrogens with one attached hydrogen (secondary N) is 1. The Morgan fingerprint density at radius 1 is 1.39 bits per heavy atom. The number of carbonyl (C=O) groups excluding carboxylic acids is 1. The number of nitrogens with zero attached hydrogens (tertiary/aromatic N) is 1. The maximum atomic E-state index is 11.2. The number of piperidine rings is 1. The molecule has 1 saturated heterocycles. The van der Waals surface area contributed by atoms with E-state index in [0.29, 0.717) is 0 Å². The van der Waals surface area contributed by atoms with Crippen molar-refractivity contribution in [1.82, 2.24) is 10.2 Å². The summed E-state index contributed by atoms with van der Waals surface area (Å²) < 4.78 is 0. The number of aliphatic hydroxyl groups is 1. The lowest BCUT2D eigenvalue weighted by atomic mass is 10.0. The Bertz CT molecular complexity index is 381. The van der Waals surface area contributed by atoms with E-state index in [2.05, 4.69) is 22.3 Å². The highest BCUT2D eigenvalue weighted by Crippen LogP contribution is 2.13. The summed E-state index contributed by atoms with van der Waals surface area (Å²) in [6.07, 6.45) is 2.08. The summed E-state index contributed by atoms with van der Waals surface area (Å²) in [6.45, 7) is 2.43. The Kier molecular flexibility index (Phi) is 4.73. The van der Waals surface area contributed by atoms with Crippen LogP contribution < -0.4 is 5.32 Å². The first-order valence-corrected chi connectivity index (χ1v) is 6.44. The number of carbonyl (C=O) groups is 1. The van der Waals surface area contributed by atoms with E-state index in [-0.39, 0.29) is 11.9 Å². The molecule has 98 valence electrons. The molecule has 0 bridgehead atoms. The number of benzene rings is 1. The molecule has 2 N–H and O–H groups in total. The van der Waals surface area contributed by atoms with Gasteiger partial charge in [-0.15, -0.1) is 0 Å². The van der Waals surface area contributed by atoms with Crippen LogP contribution in [-0.4, -0.2) is 41.7 Å². The number of amides is 1. The van der Waals surface area contributed by atoms with Gasteiger partial charge in [-0.3, -0.25) is 9.69 Å². The van der Waals surface area contributed by atoms with Crippen LogP contribution in [0.4, 0.5) is 0 Å². The Balaban J connectivity index is 1.85. The monoisotopic (exact) mass is 248 g/mol. The minimum Gasteiger partial charge on any atom is -0.387 e. The number of likely N-dealkylation sites (tertiary alicyclic amines) is 1. The first kappa shape index (κ1) is 13.1. The third-order valence-corrected chi connectivity index (χ3v) is 3.26. The van der Waals surface area contributed by atoms with Gasteiger partial charge >= 0.3 is 0 Å². The van der Waals surface area contributed by atoms with Crippen LogP contribution in [0.25, 0.3) is 0 Å². The van der Waals surface area contributed by atoms with Gasteiger partial charge in [-0.05, 0) is 24.9 Å². The van der Waals surface area contributed by atoms with E-state index in [0.717, 1.165) is 32.5 Å². The van der Waals surface area contributed by atoms with Gasteiger partial charge < -0.3 is 10.4 Å². The van der Waals surface area contributed by atoms with Gasteiger partial charge in [-0.2, -0.15) is 0 Å². The number of aliphatic hydroxyl groups excluding tert-OH is 1. The second-order valence-corrected chi connectivity index (χ2v) is 4.79. The zero-order valence-electron chi connectivity index (χ0n) is 10.5. The van der Waals surface area contributed by atoms with Gasteiger partial charge in [0.05, 0.1) is 0 Å². The average Bonchev–Trinajstić information content (AvgIpc) is 2.40. The Labute approximate surface area is 108 Å². The van der Waals surface area contributed by atoms with Crippen LogP contribution in [-0.2, 0) is 11.3 Å². The molecule has 2 rings (SSSR count). The van der Waals surface area contributed by atoms with Crippen molar-refractivity contribution in [3.05, 3.63) is 35.9 Å². The standard InChI is InChI=1S/C14H20N2O2/c17-11-14(18)15-13-7-4-8-16(10-13)9-12-5-2-1-3-6-12/h1-3,5-6,13,17H,4,7-11H2,(H,15,18). The minimum absolute atomic E-state index is 0.169. The maximum absolute atomic E-state index is 11.2. The normalized spacial score (nSPS) is 20.6. The molecule has 1 aromatic rings. The predicted molar refractivity (Wildman–Crippen MR) is 70.0 cm³/mol. The fraction of sp³-hybridized carbons (Fsp3) is 0.500. The second-order valence-electron chi connectivity index (χ2n) is 4.79. The van der Waals surface area contributed by atoms with Gasteiger partial charge in [0.2, 0.25) is 5.91 Å². The molecule has 1 aromatic carbocycles. The van der Waals surface area contributed by atoms with Crippen molar-refractivity contribution in [2.45, 2.75) is 25.4 Å². The molecule has 0 aromatic heterocycles. The molecule has 1 aliphatic rings. The van der Waals surface area contributed by atoms with Crippen molar-refractivity contribution in [3.8, 4) is 0 Å². The maximum Gasteiger partial charge on any atom is 0.245 e. The van der Waals surface area contributed by atoms with Gasteiger partial charge in [-0.1, -0.05) is 30.3 Å². The Hall–Kier alpha value is -1.39. The average molecular weight is 248 g/mol. The summed E-state index contributed by atoms with van der Waals surface area (Å²) >= 11 is 0. The molecule has 4 nitrogen and oxygen atoms in total. The van der Waals surface area contributed by atoms with Gasteiger partial charge in [0, 0.05) is 19.1 Å². The van der Waals surface area contributed by atoms with Crippen molar-refractivity contribution in [2.75, 3.05) is 19.7 Å². The fourth-order valence-corrected chi connectivity index (χ4v) is 2.43. The predicted octanol–water partition coefficient (Wildman–Crippen LogP) is 0.759. The zero-order chi connectivity index (χ0) is 12.8. The number of hydrogen-bond acceptors (Lipinski definition) is 3. The molecule has 1 unspecified atom stereocenters. The third kappa shape index (κ3) is 3.82. The van der Waals surface area contributed by atoms with E-state index >= 15 is 0 Å². The lowest BCUT2D eigenvalue weighted by Gasteiger charge is -2.33. The molecule has 0 aliphatic carbocycles. The van der Waals surface area contributed by atoms with Crippen molar-refractivity contribution in [1.29, 1.82) is 0 Å². The summed E-state index contributed by atoms with van der Waals surface area (Å²) in [5, 5.41) is 11.6. The minimum atomic E-state index is -0.421. The van der Waals surface area contributed by atoms with E-state index < -0.39 is 6.61 Å². The largest absolute Gasteiger partial charge is 0.387 e. The van der Waals surface area contributed by atoms with Gasteiger partial charge in [-0.25, -0.2) is 0 Å². The van der Waals surface area contributed by atoms with E-state index in [9.17, 15) is 4.79 Å². The molecule has 1 atom stereocenters. The van der Waals surface area contributed by atoms with Gasteiger partial charge in [0.1, 0.15) is 6.61 Å². The van der Waals surface area contributed by atoms with E-state index in [1.54, 1.807) is 0 Å². The van der Waals surface area contributed by atoms with Crippen LogP contribution in [0.15, 0.2) is 30.3 Å². The topological polar surface area (TPSA) is 52.6 Å². The van der Waals surface area contributed by atoms with Crippen LogP contribution in [0.3, 0.4) is 0 Å². The smallest absolute Gasteiger partial charge is 0.245 e. The lowest BCUT2D eigenvalue weighted by molar-refractivity contribution is -0.124. The molecule has 1 fully saturated rings. The van der Waals surface area contributed by atoms with Crippen molar-refractivity contribution >= 4 is 5.91 Å². The van der Waals surface area contributed by atoms with Crippen LogP contribution in [0.1, 0.15) is 18.4 Å². The Morgan fingerprint density at radius 2 is 2.17 bits per heavy atom. The van der Waals surface area contributed by atoms with Crippen LogP contribution in [0.5, 0.6) is 0 Å². The van der Waals surface area contributed by atoms with Gasteiger partial charge in [0.15, 0.2) is 0 Å². The van der Waals surface area contributed by atoms with Crippen molar-refractivity contribution in [3.63, 3.8) is 0 Å². The first-order chi connectivity index (χ1) is 8.78. The quantitative estimate of drug-likeness (QED) is 0.827. The highest BCUT2D eigenvalue weighted by atomic mass is 16.3. The molecule has 1 amide bonds. The third-order valence-electron chi connectivity index (χ3n) is 3.26. The zero-order valence-corrected chi connectivity index (χ0v) is 10.5. The van der Waals surface area contributed by atoms with Crippen LogP contribution in [0, 0.1) is 0 Å². The van der Waals surface area contributed by atoms with Crippen molar-refractivity contribution < 1.29 is 9.90 Å². The fourth-order valence-electron chi connectivity index (χ4n) is 2.43. The van der Waals surface area contributed by atoms with Crippen molar-refractivity contribution in [2.24, 2.45) is 0 Å². The van der Waals surface area contributed by atoms with E-state index in [1.165, 1.54) is 5.56 Å². The van der Waals surface area contributed by atoms with E-state index in [4.69, 9.17) is 5.11 Å². The highest BCUT2D eigenvalue weighted by molar-refractivity contribution is 5.77. The lowest BCUT2D eigenvalue weighted by Crippen LogP contribution is -2.48. The number of hydrogen-bond donors (Lipinski definition) is 2. The molecular weight excluding hydrogens is 228 g/mol. The Morgan fingerprint density at radius 3 is 2.89 bits per heavy atom. The molecule has 4 heteroatoms. The second kappa shape index (κ2) is 6.52. The summed E-state index contributed by atoms with van der Waals surface area (Å²) in [5.74, 6) is -0.276. The molecular formula is C14H20N2O2. The number of rotatable bonds is 4. The SMILES string of the molecule is O=C(CO)NC1CCCN(Cc2ccccc2)C1. The van der Waals surface area contributed by atoms with Crippen LogP contribution >= 0.6 is 0 Å². The van der Waals surface area contributed by atoms with Gasteiger partial charge in [0.25, 0.3) is 0 Å². The molecule has 0 spiro atoms. The summed E-state index contributed by atoms with van der Waals surface area (Å²) in [5.41, 5.74) is 1.30. The molecule has 0 saturated carbocycles. The summed E-state index contributed by atoms with van der Waals surface area (Å²) in [4.78, 5) is 13.5. The molecule has 1 aliphatic heterocycles. The van der Waals surface area contributed by atoms with E-state index in [1.807, 2.05) is 18.2 Å². The summed E-state index contributed by atoms with van der Waals surface area (Å²) in [6, 6.07) is 10.5. The highest BCUT2D eigenvalue weighted by Gasteiger charge is 2.20.